The minimum atomic E-state index is 0.160. The first-order valence-corrected chi connectivity index (χ1v) is 7.14. The summed E-state index contributed by atoms with van der Waals surface area (Å²) < 4.78 is 0. The molecular weight excluding hydrogens is 256 g/mol. The number of carbonyl (C=O) groups is 1. The maximum atomic E-state index is 12.7. The van der Waals surface area contributed by atoms with Gasteiger partial charge in [-0.05, 0) is 28.3 Å². The van der Waals surface area contributed by atoms with E-state index in [1.807, 2.05) is 54.6 Å². The molecule has 0 radical (unpaired) electrons. The van der Waals surface area contributed by atoms with Crippen LogP contribution in [0.25, 0.3) is 11.6 Å². The summed E-state index contributed by atoms with van der Waals surface area (Å²) in [5.74, 6) is 0.160. The van der Waals surface area contributed by atoms with Crippen LogP contribution in [0.15, 0.2) is 77.9 Å². The number of carbonyl (C=O) groups excluding carboxylic acids is 1. The van der Waals surface area contributed by atoms with Crippen molar-refractivity contribution in [2.24, 2.45) is 0 Å². The molecule has 0 aliphatic heterocycles. The molecule has 4 rings (SSSR count). The second kappa shape index (κ2) is 4.71. The van der Waals surface area contributed by atoms with E-state index in [2.05, 4.69) is 18.2 Å². The van der Waals surface area contributed by atoms with E-state index in [9.17, 15) is 4.79 Å². The number of benzene rings is 2. The fourth-order valence-electron chi connectivity index (χ4n) is 3.04. The normalized spacial score (nSPS) is 18.1. The summed E-state index contributed by atoms with van der Waals surface area (Å²) in [5.41, 5.74) is 6.32. The van der Waals surface area contributed by atoms with Gasteiger partial charge in [0.25, 0.3) is 0 Å². The second-order valence-electron chi connectivity index (χ2n) is 5.40. The molecule has 0 atom stereocenters. The van der Waals surface area contributed by atoms with E-state index in [0.717, 1.165) is 28.7 Å². The highest BCUT2D eigenvalue weighted by molar-refractivity contribution is 6.21. The summed E-state index contributed by atoms with van der Waals surface area (Å²) in [6.45, 7) is 0. The number of allylic oxidation sites excluding steroid dienone is 5. The van der Waals surface area contributed by atoms with Crippen LogP contribution in [0.3, 0.4) is 0 Å². The van der Waals surface area contributed by atoms with Gasteiger partial charge >= 0.3 is 0 Å². The monoisotopic (exact) mass is 270 g/mol. The molecule has 0 bridgehead atoms. The zero-order chi connectivity index (χ0) is 14.2. The van der Waals surface area contributed by atoms with Gasteiger partial charge in [0.1, 0.15) is 0 Å². The van der Waals surface area contributed by atoms with Gasteiger partial charge in [0.2, 0.25) is 0 Å². The third-order valence-corrected chi connectivity index (χ3v) is 4.09. The van der Waals surface area contributed by atoms with Gasteiger partial charge in [-0.2, -0.15) is 0 Å². The SMILES string of the molecule is O=C1C(=Cc2ccccc2)C=CC2=C1Cc1ccccc12. The van der Waals surface area contributed by atoms with E-state index in [0.29, 0.717) is 0 Å². The number of ketones is 1. The van der Waals surface area contributed by atoms with Crippen molar-refractivity contribution in [2.45, 2.75) is 6.42 Å². The van der Waals surface area contributed by atoms with Crippen molar-refractivity contribution in [2.75, 3.05) is 0 Å². The molecule has 0 amide bonds. The molecule has 0 aromatic heterocycles. The highest BCUT2D eigenvalue weighted by Crippen LogP contribution is 2.38. The van der Waals surface area contributed by atoms with E-state index < -0.39 is 0 Å². The molecule has 0 heterocycles. The molecule has 2 aromatic carbocycles. The molecular formula is C20H14O. The molecule has 0 spiro atoms. The van der Waals surface area contributed by atoms with Gasteiger partial charge in [-0.15, -0.1) is 0 Å². The highest BCUT2D eigenvalue weighted by atomic mass is 16.1. The third kappa shape index (κ3) is 1.98. The molecule has 2 aliphatic rings. The van der Waals surface area contributed by atoms with Crippen molar-refractivity contribution in [1.29, 1.82) is 0 Å². The molecule has 2 aromatic rings. The Bertz CT molecular complexity index is 820. The van der Waals surface area contributed by atoms with Crippen molar-refractivity contribution in [3.63, 3.8) is 0 Å². The summed E-state index contributed by atoms with van der Waals surface area (Å²) in [6.07, 6.45) is 6.74. The Kier molecular flexibility index (Phi) is 2.71. The first-order chi connectivity index (χ1) is 10.3. The molecule has 21 heavy (non-hydrogen) atoms. The van der Waals surface area contributed by atoms with Gasteiger partial charge in [-0.25, -0.2) is 0 Å². The molecule has 0 saturated carbocycles. The molecule has 1 heteroatoms. The second-order valence-corrected chi connectivity index (χ2v) is 5.40. The van der Waals surface area contributed by atoms with E-state index in [4.69, 9.17) is 0 Å². The number of hydrogen-bond donors (Lipinski definition) is 0. The quantitative estimate of drug-likeness (QED) is 0.709. The third-order valence-electron chi connectivity index (χ3n) is 4.09. The predicted octanol–water partition coefficient (Wildman–Crippen LogP) is 4.22. The van der Waals surface area contributed by atoms with E-state index >= 15 is 0 Å². The zero-order valence-corrected chi connectivity index (χ0v) is 11.5. The molecule has 100 valence electrons. The Hall–Kier alpha value is -2.67. The van der Waals surface area contributed by atoms with Crippen LogP contribution in [0.2, 0.25) is 0 Å². The highest BCUT2D eigenvalue weighted by Gasteiger charge is 2.28. The van der Waals surface area contributed by atoms with Crippen LogP contribution in [-0.4, -0.2) is 5.78 Å². The van der Waals surface area contributed by atoms with Gasteiger partial charge < -0.3 is 0 Å². The fraction of sp³-hybridized carbons (Fsp3) is 0.0500. The lowest BCUT2D eigenvalue weighted by molar-refractivity contribution is -0.111. The Morgan fingerprint density at radius 1 is 0.857 bits per heavy atom. The van der Waals surface area contributed by atoms with Crippen molar-refractivity contribution >= 4 is 17.4 Å². The van der Waals surface area contributed by atoms with Gasteiger partial charge in [0.15, 0.2) is 5.78 Å². The van der Waals surface area contributed by atoms with Crippen LogP contribution >= 0.6 is 0 Å². The summed E-state index contributed by atoms with van der Waals surface area (Å²) in [4.78, 5) is 12.7. The molecule has 0 N–H and O–H groups in total. The molecule has 0 saturated heterocycles. The summed E-state index contributed by atoms with van der Waals surface area (Å²) in [5, 5.41) is 0. The minimum absolute atomic E-state index is 0.160. The zero-order valence-electron chi connectivity index (χ0n) is 11.5. The van der Waals surface area contributed by atoms with Crippen LogP contribution in [-0.2, 0) is 11.2 Å². The van der Waals surface area contributed by atoms with Gasteiger partial charge in [0, 0.05) is 17.6 Å². The van der Waals surface area contributed by atoms with Crippen LogP contribution in [0.1, 0.15) is 16.7 Å². The van der Waals surface area contributed by atoms with Crippen LogP contribution in [0.5, 0.6) is 0 Å². The lowest BCUT2D eigenvalue weighted by Gasteiger charge is -2.11. The van der Waals surface area contributed by atoms with E-state index in [1.165, 1.54) is 11.1 Å². The summed E-state index contributed by atoms with van der Waals surface area (Å²) in [7, 11) is 0. The maximum Gasteiger partial charge on any atom is 0.189 e. The molecule has 0 unspecified atom stereocenters. The van der Waals surface area contributed by atoms with Crippen molar-refractivity contribution in [3.8, 4) is 0 Å². The fourth-order valence-corrected chi connectivity index (χ4v) is 3.04. The number of fused-ring (bicyclic) bond motifs is 2. The van der Waals surface area contributed by atoms with Crippen molar-refractivity contribution < 1.29 is 4.79 Å². The van der Waals surface area contributed by atoms with Crippen molar-refractivity contribution in [1.82, 2.24) is 0 Å². The Labute approximate surface area is 123 Å². The van der Waals surface area contributed by atoms with Crippen LogP contribution < -0.4 is 0 Å². The average Bonchev–Trinajstić information content (AvgIpc) is 2.91. The summed E-state index contributed by atoms with van der Waals surface area (Å²) in [6, 6.07) is 18.3. The Morgan fingerprint density at radius 2 is 1.62 bits per heavy atom. The van der Waals surface area contributed by atoms with E-state index in [1.54, 1.807) is 0 Å². The Morgan fingerprint density at radius 3 is 2.48 bits per heavy atom. The van der Waals surface area contributed by atoms with Gasteiger partial charge in [-0.3, -0.25) is 4.79 Å². The predicted molar refractivity (Wildman–Crippen MR) is 85.6 cm³/mol. The van der Waals surface area contributed by atoms with Gasteiger partial charge in [0.05, 0.1) is 0 Å². The van der Waals surface area contributed by atoms with Gasteiger partial charge in [-0.1, -0.05) is 66.7 Å². The topological polar surface area (TPSA) is 17.1 Å². The molecule has 2 aliphatic carbocycles. The lowest BCUT2D eigenvalue weighted by Crippen LogP contribution is -2.08. The largest absolute Gasteiger partial charge is 0.289 e. The minimum Gasteiger partial charge on any atom is -0.289 e. The number of hydrogen-bond acceptors (Lipinski definition) is 1. The first-order valence-electron chi connectivity index (χ1n) is 7.14. The van der Waals surface area contributed by atoms with Crippen LogP contribution in [0.4, 0.5) is 0 Å². The molecule has 0 fully saturated rings. The first kappa shape index (κ1) is 12.1. The maximum absolute atomic E-state index is 12.7. The Balaban J connectivity index is 1.74. The summed E-state index contributed by atoms with van der Waals surface area (Å²) >= 11 is 0. The standard InChI is InChI=1S/C20H14O/c21-20-16(12-14-6-2-1-3-7-14)10-11-18-17-9-5-4-8-15(17)13-19(18)20/h1-12H,13H2. The van der Waals surface area contributed by atoms with Crippen LogP contribution in [0, 0.1) is 0 Å². The number of rotatable bonds is 1. The number of Topliss-reactive ketones (excluding diaryl/α,β-unsaturated/α-hetero) is 1. The molecule has 1 nitrogen and oxygen atoms in total. The van der Waals surface area contributed by atoms with E-state index in [-0.39, 0.29) is 5.78 Å². The van der Waals surface area contributed by atoms with Crippen molar-refractivity contribution in [3.05, 3.63) is 94.6 Å². The lowest BCUT2D eigenvalue weighted by atomic mass is 9.92. The smallest absolute Gasteiger partial charge is 0.189 e. The average molecular weight is 270 g/mol.